The van der Waals surface area contributed by atoms with Crippen molar-refractivity contribution < 1.29 is 9.42 Å². The molecule has 16 heavy (non-hydrogen) atoms. The number of rotatable bonds is 4. The fourth-order valence-electron chi connectivity index (χ4n) is 1.10. The van der Waals surface area contributed by atoms with Crippen molar-refractivity contribution in [2.24, 2.45) is 5.50 Å². The summed E-state index contributed by atoms with van der Waals surface area (Å²) in [7, 11) is 0. The van der Waals surface area contributed by atoms with E-state index in [4.69, 9.17) is 27.1 Å². The van der Waals surface area contributed by atoms with Crippen LogP contribution in [0.1, 0.15) is 5.56 Å². The van der Waals surface area contributed by atoms with Crippen molar-refractivity contribution in [3.8, 4) is 0 Å². The Morgan fingerprint density at radius 1 is 1.44 bits per heavy atom. The van der Waals surface area contributed by atoms with Crippen LogP contribution >= 0.6 is 18.9 Å². The van der Waals surface area contributed by atoms with E-state index in [0.717, 1.165) is 6.42 Å². The molecule has 0 aliphatic carbocycles. The average Bonchev–Trinajstić information content (AvgIpc) is 2.16. The smallest absolute Gasteiger partial charge is 0.309 e. The molecule has 0 aromatic heterocycles. The molecule has 0 bridgehead atoms. The first-order valence-corrected chi connectivity index (χ1v) is 7.75. The summed E-state index contributed by atoms with van der Waals surface area (Å²) in [6, 6.07) is 9.94. The maximum Gasteiger partial charge on any atom is 0.309 e. The minimum atomic E-state index is -3.20. The second-order valence-electron chi connectivity index (χ2n) is 3.11. The number of nitrogens with two attached hydrogens (primary N) is 1. The normalized spacial score (nSPS) is 13.9. The predicted molar refractivity (Wildman–Crippen MR) is 72.5 cm³/mol. The third-order valence-electron chi connectivity index (χ3n) is 1.74. The van der Waals surface area contributed by atoms with Crippen LogP contribution in [0.2, 0.25) is 0 Å². The molecule has 1 rings (SSSR count). The molecule has 1 aromatic carbocycles. The van der Waals surface area contributed by atoms with E-state index in [0.29, 0.717) is 6.54 Å². The van der Waals surface area contributed by atoms with Gasteiger partial charge in [-0.05, 0) is 36.0 Å². The lowest BCUT2D eigenvalue weighted by atomic mass is 10.2. The van der Waals surface area contributed by atoms with Crippen LogP contribution in [0, 0.1) is 0 Å². The van der Waals surface area contributed by atoms with Crippen molar-refractivity contribution in [1.29, 1.82) is 0 Å². The third kappa shape index (κ3) is 6.15. The largest absolute Gasteiger partial charge is 0.406 e. The van der Waals surface area contributed by atoms with Gasteiger partial charge >= 0.3 is 6.64 Å². The van der Waals surface area contributed by atoms with Crippen molar-refractivity contribution in [1.82, 2.24) is 5.32 Å². The standard InChI is InChI=1S/C9H13N2O2PS2/c10-14(12,16)13-9(15)11-7-6-8-4-2-1-3-5-8/h1-5H,6-7H2,(H,11,15)(H3,10,12,16). The van der Waals surface area contributed by atoms with Crippen LogP contribution in [0.3, 0.4) is 0 Å². The molecular formula is C9H13N2O2PS2. The molecule has 4 nitrogen and oxygen atoms in total. The average molecular weight is 276 g/mol. The van der Waals surface area contributed by atoms with Gasteiger partial charge in [0.15, 0.2) is 0 Å². The second kappa shape index (κ2) is 6.27. The summed E-state index contributed by atoms with van der Waals surface area (Å²) in [6.45, 7) is -2.60. The first-order valence-electron chi connectivity index (χ1n) is 4.60. The predicted octanol–water partition coefficient (Wildman–Crippen LogP) is 1.30. The molecule has 1 unspecified atom stereocenters. The van der Waals surface area contributed by atoms with Gasteiger partial charge in [0.05, 0.1) is 0 Å². The second-order valence-corrected chi connectivity index (χ2v) is 6.36. The zero-order chi connectivity index (χ0) is 12.0. The molecule has 0 aliphatic rings. The quantitative estimate of drug-likeness (QED) is 0.569. The first kappa shape index (κ1) is 13.5. The highest BCUT2D eigenvalue weighted by atomic mass is 32.5. The maximum absolute atomic E-state index is 9.06. The molecule has 0 spiro atoms. The lowest BCUT2D eigenvalue weighted by Crippen LogP contribution is -2.26. The maximum atomic E-state index is 9.06. The van der Waals surface area contributed by atoms with Gasteiger partial charge in [0, 0.05) is 6.54 Å². The van der Waals surface area contributed by atoms with Crippen LogP contribution in [-0.4, -0.2) is 16.6 Å². The Balaban J connectivity index is 2.26. The summed E-state index contributed by atoms with van der Waals surface area (Å²) in [5.41, 5.74) is 6.34. The summed E-state index contributed by atoms with van der Waals surface area (Å²) in [5, 5.41) is 2.86. The van der Waals surface area contributed by atoms with Gasteiger partial charge in [-0.1, -0.05) is 30.3 Å². The highest BCUT2D eigenvalue weighted by Crippen LogP contribution is 2.31. The van der Waals surface area contributed by atoms with Crippen LogP contribution in [-0.2, 0) is 22.8 Å². The van der Waals surface area contributed by atoms with E-state index in [-0.39, 0.29) is 5.17 Å². The van der Waals surface area contributed by atoms with Gasteiger partial charge in [-0.3, -0.25) is 0 Å². The molecule has 4 N–H and O–H groups in total. The molecule has 1 aromatic rings. The van der Waals surface area contributed by atoms with E-state index in [2.05, 4.69) is 17.1 Å². The molecule has 0 aliphatic heterocycles. The van der Waals surface area contributed by atoms with Crippen LogP contribution in [0.25, 0.3) is 0 Å². The number of hydrogen-bond acceptors (Lipinski definition) is 3. The van der Waals surface area contributed by atoms with Crippen molar-refractivity contribution >= 4 is 35.8 Å². The highest BCUT2D eigenvalue weighted by molar-refractivity contribution is 8.08. The van der Waals surface area contributed by atoms with Gasteiger partial charge in [-0.15, -0.1) is 0 Å². The summed E-state index contributed by atoms with van der Waals surface area (Å²) in [4.78, 5) is 9.06. The Morgan fingerprint density at radius 2 is 2.06 bits per heavy atom. The van der Waals surface area contributed by atoms with E-state index < -0.39 is 6.64 Å². The molecule has 0 saturated carbocycles. The van der Waals surface area contributed by atoms with Gasteiger partial charge in [-0.2, -0.15) is 0 Å². The summed E-state index contributed by atoms with van der Waals surface area (Å²) < 4.78 is 4.76. The van der Waals surface area contributed by atoms with Gasteiger partial charge in [0.1, 0.15) is 0 Å². The lowest BCUT2D eigenvalue weighted by molar-refractivity contribution is 0.471. The molecule has 0 radical (unpaired) electrons. The minimum absolute atomic E-state index is 0.0456. The van der Waals surface area contributed by atoms with Crippen molar-refractivity contribution in [2.45, 2.75) is 6.42 Å². The third-order valence-corrected chi connectivity index (χ3v) is 2.76. The van der Waals surface area contributed by atoms with E-state index in [1.165, 1.54) is 5.56 Å². The van der Waals surface area contributed by atoms with Gasteiger partial charge in [0.25, 0.3) is 5.17 Å². The summed E-state index contributed by atoms with van der Waals surface area (Å²) in [6.07, 6.45) is 0.809. The lowest BCUT2D eigenvalue weighted by Gasteiger charge is -2.13. The minimum Gasteiger partial charge on any atom is -0.406 e. The van der Waals surface area contributed by atoms with Crippen LogP contribution in [0.5, 0.6) is 0 Å². The topological polar surface area (TPSA) is 67.5 Å². The SMILES string of the molecule is NP(O)(=S)OC(=S)NCCc1ccccc1. The fourth-order valence-corrected chi connectivity index (χ4v) is 2.21. The molecule has 88 valence electrons. The molecule has 0 amide bonds. The fraction of sp³-hybridized carbons (Fsp3) is 0.222. The molecule has 0 heterocycles. The Bertz CT molecular complexity index is 394. The van der Waals surface area contributed by atoms with E-state index in [1.807, 2.05) is 30.3 Å². The Labute approximate surface area is 105 Å². The van der Waals surface area contributed by atoms with E-state index in [9.17, 15) is 0 Å². The van der Waals surface area contributed by atoms with Crippen molar-refractivity contribution in [3.63, 3.8) is 0 Å². The van der Waals surface area contributed by atoms with Crippen LogP contribution < -0.4 is 10.8 Å². The van der Waals surface area contributed by atoms with Crippen LogP contribution in [0.4, 0.5) is 0 Å². The molecule has 7 heteroatoms. The number of nitrogens with one attached hydrogen (secondary N) is 1. The molecule has 1 atom stereocenters. The first-order chi connectivity index (χ1) is 7.47. The Hall–Kier alpha value is -0.520. The summed E-state index contributed by atoms with van der Waals surface area (Å²) in [5.74, 6) is 0. The van der Waals surface area contributed by atoms with Gasteiger partial charge < -0.3 is 14.7 Å². The van der Waals surface area contributed by atoms with Gasteiger partial charge in [0.2, 0.25) is 0 Å². The number of hydrogen-bond donors (Lipinski definition) is 3. The van der Waals surface area contributed by atoms with Crippen molar-refractivity contribution in [2.75, 3.05) is 6.54 Å². The van der Waals surface area contributed by atoms with Crippen molar-refractivity contribution in [3.05, 3.63) is 35.9 Å². The highest BCUT2D eigenvalue weighted by Gasteiger charge is 2.09. The zero-order valence-electron chi connectivity index (χ0n) is 8.50. The Morgan fingerprint density at radius 3 is 2.62 bits per heavy atom. The number of benzene rings is 1. The van der Waals surface area contributed by atoms with Gasteiger partial charge in [-0.25, -0.2) is 5.50 Å². The zero-order valence-corrected chi connectivity index (χ0v) is 11.0. The monoisotopic (exact) mass is 276 g/mol. The Kier molecular flexibility index (Phi) is 5.31. The molecular weight excluding hydrogens is 263 g/mol. The summed E-state index contributed by atoms with van der Waals surface area (Å²) >= 11 is 9.31. The number of thiocarbonyl (C=S) groups is 1. The van der Waals surface area contributed by atoms with E-state index in [1.54, 1.807) is 0 Å². The van der Waals surface area contributed by atoms with E-state index >= 15 is 0 Å². The molecule has 0 saturated heterocycles. The van der Waals surface area contributed by atoms with Crippen LogP contribution in [0.15, 0.2) is 30.3 Å². The molecule has 0 fully saturated rings.